The summed E-state index contributed by atoms with van der Waals surface area (Å²) in [7, 11) is 0. The van der Waals surface area contributed by atoms with Crippen molar-refractivity contribution in [3.63, 3.8) is 0 Å². The van der Waals surface area contributed by atoms with Crippen LogP contribution in [0.25, 0.3) is 0 Å². The van der Waals surface area contributed by atoms with Crippen LogP contribution in [0.3, 0.4) is 0 Å². The second-order valence-electron chi connectivity index (χ2n) is 4.04. The van der Waals surface area contributed by atoms with E-state index in [1.54, 1.807) is 36.4 Å². The summed E-state index contributed by atoms with van der Waals surface area (Å²) in [4.78, 5) is 11.1. The second kappa shape index (κ2) is 5.63. The number of anilines is 1. The topological polar surface area (TPSA) is 78.3 Å². The lowest BCUT2D eigenvalue weighted by Crippen LogP contribution is -2.11. The largest absolute Gasteiger partial charge is 0.489 e. The molecule has 0 fully saturated rings. The number of amides is 1. The molecule has 98 valence electrons. The van der Waals surface area contributed by atoms with Crippen LogP contribution in [-0.4, -0.2) is 5.91 Å². The van der Waals surface area contributed by atoms with Crippen molar-refractivity contribution in [3.8, 4) is 5.75 Å². The molecule has 0 heterocycles. The Bertz CT molecular complexity index is 614. The van der Waals surface area contributed by atoms with Gasteiger partial charge in [0, 0.05) is 11.6 Å². The van der Waals surface area contributed by atoms with E-state index < -0.39 is 5.91 Å². The summed E-state index contributed by atoms with van der Waals surface area (Å²) in [5, 5.41) is 0.448. The van der Waals surface area contributed by atoms with Gasteiger partial charge in [-0.15, -0.1) is 0 Å². The van der Waals surface area contributed by atoms with Gasteiger partial charge >= 0.3 is 0 Å². The van der Waals surface area contributed by atoms with E-state index in [0.29, 0.717) is 28.6 Å². The number of nitrogens with two attached hydrogens (primary N) is 2. The minimum Gasteiger partial charge on any atom is -0.489 e. The minimum absolute atomic E-state index is 0.321. The van der Waals surface area contributed by atoms with Crippen molar-refractivity contribution in [2.45, 2.75) is 6.61 Å². The molecule has 0 radical (unpaired) electrons. The van der Waals surface area contributed by atoms with E-state index in [2.05, 4.69) is 0 Å². The Hall–Kier alpha value is -2.20. The lowest BCUT2D eigenvalue weighted by Gasteiger charge is -2.08. The molecule has 2 aromatic carbocycles. The third kappa shape index (κ3) is 3.39. The van der Waals surface area contributed by atoms with Gasteiger partial charge in [0.15, 0.2) is 0 Å². The number of primary amides is 1. The summed E-state index contributed by atoms with van der Waals surface area (Å²) in [6.07, 6.45) is 0. The predicted octanol–water partition coefficient (Wildman–Crippen LogP) is 2.60. The number of benzene rings is 2. The van der Waals surface area contributed by atoms with E-state index in [1.807, 2.05) is 6.07 Å². The quantitative estimate of drug-likeness (QED) is 0.843. The molecule has 0 aliphatic heterocycles. The molecule has 0 spiro atoms. The highest BCUT2D eigenvalue weighted by molar-refractivity contribution is 6.33. The zero-order valence-corrected chi connectivity index (χ0v) is 10.9. The molecule has 5 heteroatoms. The van der Waals surface area contributed by atoms with Gasteiger partial charge in [-0.05, 0) is 29.8 Å². The van der Waals surface area contributed by atoms with E-state index >= 15 is 0 Å². The number of nitrogen functional groups attached to an aromatic ring is 1. The molecule has 19 heavy (non-hydrogen) atoms. The summed E-state index contributed by atoms with van der Waals surface area (Å²) < 4.78 is 5.57. The Morgan fingerprint density at radius 1 is 1.21 bits per heavy atom. The van der Waals surface area contributed by atoms with E-state index in [9.17, 15) is 4.79 Å². The van der Waals surface area contributed by atoms with Crippen molar-refractivity contribution in [2.75, 3.05) is 5.73 Å². The molecule has 0 aliphatic rings. The average molecular weight is 277 g/mol. The van der Waals surface area contributed by atoms with Gasteiger partial charge in [-0.3, -0.25) is 4.79 Å². The highest BCUT2D eigenvalue weighted by Gasteiger charge is 2.03. The summed E-state index contributed by atoms with van der Waals surface area (Å²) in [6.45, 7) is 0.321. The van der Waals surface area contributed by atoms with Gasteiger partial charge in [-0.25, -0.2) is 0 Å². The predicted molar refractivity (Wildman–Crippen MR) is 75.2 cm³/mol. The molecule has 0 aliphatic carbocycles. The fourth-order valence-corrected chi connectivity index (χ4v) is 1.75. The molecular weight excluding hydrogens is 264 g/mol. The zero-order chi connectivity index (χ0) is 13.8. The Morgan fingerprint density at radius 3 is 2.68 bits per heavy atom. The van der Waals surface area contributed by atoms with Gasteiger partial charge in [0.2, 0.25) is 5.91 Å². The third-order valence-electron chi connectivity index (χ3n) is 2.59. The monoisotopic (exact) mass is 276 g/mol. The first-order valence-electron chi connectivity index (χ1n) is 5.63. The fraction of sp³-hybridized carbons (Fsp3) is 0.0714. The molecule has 4 N–H and O–H groups in total. The van der Waals surface area contributed by atoms with E-state index in [0.717, 1.165) is 5.56 Å². The zero-order valence-electron chi connectivity index (χ0n) is 10.1. The van der Waals surface area contributed by atoms with Gasteiger partial charge in [0.05, 0.1) is 10.7 Å². The van der Waals surface area contributed by atoms with E-state index in [1.165, 1.54) is 0 Å². The Balaban J connectivity index is 2.07. The number of rotatable bonds is 4. The number of halogens is 1. The Kier molecular flexibility index (Phi) is 3.92. The van der Waals surface area contributed by atoms with Crippen molar-refractivity contribution in [1.82, 2.24) is 0 Å². The van der Waals surface area contributed by atoms with Crippen LogP contribution in [0, 0.1) is 0 Å². The van der Waals surface area contributed by atoms with Crippen LogP contribution < -0.4 is 16.2 Å². The molecule has 0 unspecified atom stereocenters. The maximum absolute atomic E-state index is 11.1. The normalized spacial score (nSPS) is 10.2. The number of carbonyl (C=O) groups is 1. The number of hydrogen-bond acceptors (Lipinski definition) is 3. The lowest BCUT2D eigenvalue weighted by molar-refractivity contribution is 0.1000. The van der Waals surface area contributed by atoms with Crippen LogP contribution in [0.4, 0.5) is 5.69 Å². The van der Waals surface area contributed by atoms with Crippen molar-refractivity contribution in [3.05, 3.63) is 58.6 Å². The van der Waals surface area contributed by atoms with Gasteiger partial charge < -0.3 is 16.2 Å². The Labute approximate surface area is 115 Å². The first kappa shape index (κ1) is 13.2. The molecule has 0 bridgehead atoms. The van der Waals surface area contributed by atoms with Gasteiger partial charge in [0.1, 0.15) is 12.4 Å². The van der Waals surface area contributed by atoms with Gasteiger partial charge in [0.25, 0.3) is 0 Å². The van der Waals surface area contributed by atoms with Gasteiger partial charge in [-0.2, -0.15) is 0 Å². The van der Waals surface area contributed by atoms with Crippen molar-refractivity contribution >= 4 is 23.2 Å². The fourth-order valence-electron chi connectivity index (χ4n) is 1.58. The lowest BCUT2D eigenvalue weighted by atomic mass is 10.1. The Morgan fingerprint density at radius 2 is 2.00 bits per heavy atom. The number of hydrogen-bond donors (Lipinski definition) is 2. The number of ether oxygens (including phenoxy) is 1. The molecular formula is C14H13ClN2O2. The van der Waals surface area contributed by atoms with Crippen LogP contribution in [0.15, 0.2) is 42.5 Å². The standard InChI is InChI=1S/C14H13ClN2O2/c15-12-7-11(4-5-13(12)16)19-8-9-2-1-3-10(6-9)14(17)18/h1-7H,8,16H2,(H2,17,18). The van der Waals surface area contributed by atoms with Crippen LogP contribution in [-0.2, 0) is 6.61 Å². The third-order valence-corrected chi connectivity index (χ3v) is 2.92. The molecule has 0 atom stereocenters. The van der Waals surface area contributed by atoms with Crippen LogP contribution in [0.1, 0.15) is 15.9 Å². The van der Waals surface area contributed by atoms with Crippen molar-refractivity contribution < 1.29 is 9.53 Å². The summed E-state index contributed by atoms with van der Waals surface area (Å²) in [5.41, 5.74) is 12.6. The first-order valence-corrected chi connectivity index (χ1v) is 6.00. The molecule has 1 amide bonds. The van der Waals surface area contributed by atoms with Crippen molar-refractivity contribution in [2.24, 2.45) is 5.73 Å². The molecule has 0 saturated heterocycles. The molecule has 2 aromatic rings. The average Bonchev–Trinajstić information content (AvgIpc) is 2.40. The summed E-state index contributed by atoms with van der Waals surface area (Å²) in [6, 6.07) is 12.0. The first-order chi connectivity index (χ1) is 9.06. The molecule has 2 rings (SSSR count). The van der Waals surface area contributed by atoms with E-state index in [-0.39, 0.29) is 0 Å². The van der Waals surface area contributed by atoms with Crippen LogP contribution >= 0.6 is 11.6 Å². The number of carbonyl (C=O) groups excluding carboxylic acids is 1. The molecule has 0 saturated carbocycles. The smallest absolute Gasteiger partial charge is 0.248 e. The summed E-state index contributed by atoms with van der Waals surface area (Å²) >= 11 is 5.90. The highest BCUT2D eigenvalue weighted by atomic mass is 35.5. The SMILES string of the molecule is NC(=O)c1cccc(COc2ccc(N)c(Cl)c2)c1. The maximum atomic E-state index is 11.1. The molecule has 4 nitrogen and oxygen atoms in total. The second-order valence-corrected chi connectivity index (χ2v) is 4.44. The summed E-state index contributed by atoms with van der Waals surface area (Å²) in [5.74, 6) is 0.154. The van der Waals surface area contributed by atoms with Gasteiger partial charge in [-0.1, -0.05) is 23.7 Å². The molecule has 0 aromatic heterocycles. The maximum Gasteiger partial charge on any atom is 0.248 e. The van der Waals surface area contributed by atoms with Crippen molar-refractivity contribution in [1.29, 1.82) is 0 Å². The van der Waals surface area contributed by atoms with Crippen LogP contribution in [0.5, 0.6) is 5.75 Å². The van der Waals surface area contributed by atoms with Crippen LogP contribution in [0.2, 0.25) is 5.02 Å². The minimum atomic E-state index is -0.461. The highest BCUT2D eigenvalue weighted by Crippen LogP contribution is 2.24. The van der Waals surface area contributed by atoms with E-state index in [4.69, 9.17) is 27.8 Å².